The molecule has 42 heavy (non-hydrogen) atoms. The van der Waals surface area contributed by atoms with Crippen molar-refractivity contribution in [1.82, 2.24) is 29.9 Å². The molecule has 1 N–H and O–H groups in total. The quantitative estimate of drug-likeness (QED) is 0.450. The molecule has 1 aromatic carbocycles. The van der Waals surface area contributed by atoms with Gasteiger partial charge in [-0.2, -0.15) is 5.10 Å². The van der Waals surface area contributed by atoms with Gasteiger partial charge in [0.25, 0.3) is 17.7 Å². The number of nitrogens with zero attached hydrogens (tertiary/aromatic N) is 6. The molecule has 3 aromatic rings. The Morgan fingerprint density at radius 2 is 1.86 bits per heavy atom. The van der Waals surface area contributed by atoms with Crippen LogP contribution < -0.4 is 4.90 Å². The summed E-state index contributed by atoms with van der Waals surface area (Å²) in [5, 5.41) is 7.40. The standard InChI is InChI=1S/C28H29F2N7O5/c1-42-25(40)21-12-28(29,30)16-36(21)22(38)15-35-17-37(20-5-3-2-4-6-20)27(26(35)41)7-9-34(10-8-27)24(39)19-11-18-14-32-33-23(18)31-13-19/h2-6,11,13-14,21H,7-10,12,15-17H2,1H3,(H,31,32,33)/t21-/m0/s1. The van der Waals surface area contributed by atoms with Gasteiger partial charge in [0.05, 0.1) is 32.1 Å². The summed E-state index contributed by atoms with van der Waals surface area (Å²) in [6.45, 7) is -0.773. The first-order valence-electron chi connectivity index (χ1n) is 13.6. The maximum absolute atomic E-state index is 14.2. The number of aromatic amines is 1. The highest BCUT2D eigenvalue weighted by atomic mass is 19.3. The second-order valence-corrected chi connectivity index (χ2v) is 10.9. The summed E-state index contributed by atoms with van der Waals surface area (Å²) in [6.07, 6.45) is 2.84. The SMILES string of the molecule is COC(=O)[C@@H]1CC(F)(F)CN1C(=O)CN1CN(c2ccccc2)C2(CCN(C(=O)c3cnc4[nH]ncc4c3)CC2)C1=O. The lowest BCUT2D eigenvalue weighted by Gasteiger charge is -2.43. The number of anilines is 1. The van der Waals surface area contributed by atoms with E-state index in [0.717, 1.165) is 17.7 Å². The van der Waals surface area contributed by atoms with Gasteiger partial charge in [-0.1, -0.05) is 18.2 Å². The number of carbonyl (C=O) groups is 4. The third-order valence-corrected chi connectivity index (χ3v) is 8.39. The number of methoxy groups -OCH3 is 1. The van der Waals surface area contributed by atoms with Gasteiger partial charge in [-0.3, -0.25) is 19.5 Å². The number of fused-ring (bicyclic) bond motifs is 1. The van der Waals surface area contributed by atoms with Gasteiger partial charge >= 0.3 is 5.97 Å². The van der Waals surface area contributed by atoms with Crippen LogP contribution in [-0.4, -0.2) is 111 Å². The summed E-state index contributed by atoms with van der Waals surface area (Å²) in [5.41, 5.74) is 0.703. The molecule has 14 heteroatoms. The topological polar surface area (TPSA) is 132 Å². The summed E-state index contributed by atoms with van der Waals surface area (Å²) in [5.74, 6) is -5.45. The average molecular weight is 582 g/mol. The van der Waals surface area contributed by atoms with Crippen LogP contribution >= 0.6 is 0 Å². The molecule has 12 nitrogen and oxygen atoms in total. The Kier molecular flexibility index (Phi) is 6.78. The number of benzene rings is 1. The zero-order valence-corrected chi connectivity index (χ0v) is 22.8. The van der Waals surface area contributed by atoms with Crippen molar-refractivity contribution in [3.8, 4) is 0 Å². The van der Waals surface area contributed by atoms with Gasteiger partial charge in [-0.25, -0.2) is 18.6 Å². The summed E-state index contributed by atoms with van der Waals surface area (Å²) < 4.78 is 33.1. The number of likely N-dealkylation sites (tertiary alicyclic amines) is 2. The molecule has 3 fully saturated rings. The lowest BCUT2D eigenvalue weighted by molar-refractivity contribution is -0.152. The summed E-state index contributed by atoms with van der Waals surface area (Å²) in [7, 11) is 1.08. The second-order valence-electron chi connectivity index (χ2n) is 10.9. The molecule has 3 amide bonds. The van der Waals surface area contributed by atoms with Crippen LogP contribution in [0.25, 0.3) is 11.0 Å². The first-order valence-corrected chi connectivity index (χ1v) is 13.6. The fourth-order valence-corrected chi connectivity index (χ4v) is 6.22. The van der Waals surface area contributed by atoms with Crippen molar-refractivity contribution >= 4 is 40.4 Å². The summed E-state index contributed by atoms with van der Waals surface area (Å²) in [4.78, 5) is 62.7. The number of para-hydroxylation sites is 1. The van der Waals surface area contributed by atoms with Crippen LogP contribution in [0.3, 0.4) is 0 Å². The number of nitrogens with one attached hydrogen (secondary N) is 1. The van der Waals surface area contributed by atoms with Crippen LogP contribution in [-0.2, 0) is 19.1 Å². The van der Waals surface area contributed by atoms with E-state index in [-0.39, 0.29) is 31.6 Å². The smallest absolute Gasteiger partial charge is 0.328 e. The number of aromatic nitrogens is 3. The number of esters is 1. The van der Waals surface area contributed by atoms with E-state index in [1.54, 1.807) is 17.2 Å². The third-order valence-electron chi connectivity index (χ3n) is 8.39. The predicted molar refractivity (Wildman–Crippen MR) is 144 cm³/mol. The van der Waals surface area contributed by atoms with E-state index in [1.807, 2.05) is 35.2 Å². The Hall–Kier alpha value is -4.62. The highest BCUT2D eigenvalue weighted by molar-refractivity contribution is 5.99. The Labute approximate surface area is 239 Å². The first kappa shape index (κ1) is 27.5. The van der Waals surface area contributed by atoms with E-state index >= 15 is 0 Å². The number of H-pyrrole nitrogens is 1. The largest absolute Gasteiger partial charge is 0.467 e. The van der Waals surface area contributed by atoms with Crippen LogP contribution in [0.4, 0.5) is 14.5 Å². The molecule has 1 spiro atoms. The highest BCUT2D eigenvalue weighted by Crippen LogP contribution is 2.40. The van der Waals surface area contributed by atoms with Crippen molar-refractivity contribution in [2.75, 3.05) is 44.9 Å². The Balaban J connectivity index is 1.22. The van der Waals surface area contributed by atoms with Gasteiger partial charge in [0, 0.05) is 36.8 Å². The molecule has 0 bridgehead atoms. The van der Waals surface area contributed by atoms with Gasteiger partial charge in [0.1, 0.15) is 18.1 Å². The lowest BCUT2D eigenvalue weighted by atomic mass is 9.85. The van der Waals surface area contributed by atoms with Gasteiger partial charge in [-0.05, 0) is 31.0 Å². The number of carbonyl (C=O) groups excluding carboxylic acids is 4. The van der Waals surface area contributed by atoms with E-state index < -0.39 is 48.9 Å². The number of amides is 3. The number of hydrogen-bond donors (Lipinski definition) is 1. The minimum atomic E-state index is -3.24. The molecular formula is C28H29F2N7O5. The minimum Gasteiger partial charge on any atom is -0.467 e. The van der Waals surface area contributed by atoms with Crippen molar-refractivity contribution in [3.63, 3.8) is 0 Å². The molecule has 220 valence electrons. The Morgan fingerprint density at radius 3 is 2.57 bits per heavy atom. The molecule has 3 aliphatic rings. The number of piperidine rings is 1. The Bertz CT molecular complexity index is 1540. The van der Waals surface area contributed by atoms with E-state index in [0.29, 0.717) is 29.4 Å². The molecule has 0 radical (unpaired) electrons. The van der Waals surface area contributed by atoms with Crippen LogP contribution in [0.5, 0.6) is 0 Å². The molecule has 1 atom stereocenters. The first-order chi connectivity index (χ1) is 20.1. The van der Waals surface area contributed by atoms with E-state index in [9.17, 15) is 28.0 Å². The van der Waals surface area contributed by atoms with Crippen LogP contribution in [0, 0.1) is 0 Å². The van der Waals surface area contributed by atoms with Crippen molar-refractivity contribution in [3.05, 3.63) is 54.4 Å². The predicted octanol–water partition coefficient (Wildman–Crippen LogP) is 1.65. The maximum Gasteiger partial charge on any atom is 0.328 e. The fraction of sp³-hybridized carbons (Fsp3) is 0.429. The van der Waals surface area contributed by atoms with Crippen molar-refractivity contribution in [2.24, 2.45) is 0 Å². The van der Waals surface area contributed by atoms with Gasteiger partial charge in [-0.15, -0.1) is 0 Å². The Morgan fingerprint density at radius 1 is 1.12 bits per heavy atom. The number of rotatable bonds is 5. The number of ether oxygens (including phenoxy) is 1. The summed E-state index contributed by atoms with van der Waals surface area (Å²) >= 11 is 0. The zero-order chi connectivity index (χ0) is 29.6. The molecule has 3 aliphatic heterocycles. The highest BCUT2D eigenvalue weighted by Gasteiger charge is 2.56. The van der Waals surface area contributed by atoms with Crippen LogP contribution in [0.1, 0.15) is 29.6 Å². The molecule has 0 unspecified atom stereocenters. The molecule has 5 heterocycles. The van der Waals surface area contributed by atoms with Gasteiger partial charge < -0.3 is 24.3 Å². The van der Waals surface area contributed by atoms with Gasteiger partial charge in [0.15, 0.2) is 5.65 Å². The lowest BCUT2D eigenvalue weighted by Crippen LogP contribution is -2.57. The minimum absolute atomic E-state index is 0.0523. The third kappa shape index (κ3) is 4.69. The molecule has 3 saturated heterocycles. The number of hydrogen-bond acceptors (Lipinski definition) is 8. The molecular weight excluding hydrogens is 552 g/mol. The van der Waals surface area contributed by atoms with Gasteiger partial charge in [0.2, 0.25) is 5.91 Å². The summed E-state index contributed by atoms with van der Waals surface area (Å²) in [6, 6.07) is 9.54. The zero-order valence-electron chi connectivity index (χ0n) is 22.8. The number of pyridine rings is 1. The van der Waals surface area contributed by atoms with Crippen LogP contribution in [0.15, 0.2) is 48.8 Å². The molecule has 0 saturated carbocycles. The second kappa shape index (κ2) is 10.3. The van der Waals surface area contributed by atoms with E-state index in [1.165, 1.54) is 11.1 Å². The maximum atomic E-state index is 14.2. The number of alkyl halides is 2. The van der Waals surface area contributed by atoms with E-state index in [2.05, 4.69) is 19.9 Å². The van der Waals surface area contributed by atoms with Crippen molar-refractivity contribution in [1.29, 1.82) is 0 Å². The molecule has 2 aromatic heterocycles. The molecule has 6 rings (SSSR count). The number of halogens is 2. The van der Waals surface area contributed by atoms with Crippen LogP contribution in [0.2, 0.25) is 0 Å². The van der Waals surface area contributed by atoms with Crippen molar-refractivity contribution in [2.45, 2.75) is 36.8 Å². The monoisotopic (exact) mass is 581 g/mol. The van der Waals surface area contributed by atoms with E-state index in [4.69, 9.17) is 0 Å². The fourth-order valence-electron chi connectivity index (χ4n) is 6.22. The normalized spacial score (nSPS) is 21.4. The van der Waals surface area contributed by atoms with Crippen molar-refractivity contribution < 1.29 is 32.7 Å². The average Bonchev–Trinajstić information content (AvgIpc) is 3.68. The molecule has 0 aliphatic carbocycles.